The van der Waals surface area contributed by atoms with Gasteiger partial charge in [0.2, 0.25) is 12.6 Å². The predicted molar refractivity (Wildman–Crippen MR) is 64.5 cm³/mol. The number of nitrogens with zero attached hydrogens (tertiary/aromatic N) is 1. The first-order valence-electron chi connectivity index (χ1n) is 5.35. The molecule has 17 heavy (non-hydrogen) atoms. The summed E-state index contributed by atoms with van der Waals surface area (Å²) in [7, 11) is 1.72. The molecule has 0 spiro atoms. The molecule has 0 fully saturated rings. The number of para-hydroxylation sites is 1. The number of rotatable bonds is 6. The molecule has 1 unspecified atom stereocenters. The van der Waals surface area contributed by atoms with Crippen LogP contribution in [0.2, 0.25) is 0 Å². The summed E-state index contributed by atoms with van der Waals surface area (Å²) in [6, 6.07) is 9.28. The number of benzene rings is 1. The van der Waals surface area contributed by atoms with Gasteiger partial charge in [0, 0.05) is 12.7 Å². The molecular formula is C12H16N2O3. The van der Waals surface area contributed by atoms with E-state index in [0.717, 1.165) is 5.69 Å². The molecule has 0 aliphatic rings. The van der Waals surface area contributed by atoms with E-state index in [1.165, 1.54) is 0 Å². The van der Waals surface area contributed by atoms with Crippen LogP contribution in [0.4, 0.5) is 5.69 Å². The lowest BCUT2D eigenvalue weighted by atomic mass is 10.3. The molecule has 1 amide bonds. The zero-order valence-electron chi connectivity index (χ0n) is 9.92. The maximum atomic E-state index is 11.7. The molecule has 5 nitrogen and oxygen atoms in total. The zero-order chi connectivity index (χ0) is 12.7. The first-order chi connectivity index (χ1) is 8.20. The third kappa shape index (κ3) is 3.48. The van der Waals surface area contributed by atoms with E-state index in [0.29, 0.717) is 6.41 Å². The topological polar surface area (TPSA) is 58.6 Å². The van der Waals surface area contributed by atoms with Gasteiger partial charge in [-0.05, 0) is 19.1 Å². The van der Waals surface area contributed by atoms with Gasteiger partial charge in [-0.2, -0.15) is 0 Å². The molecule has 1 aromatic rings. The molecule has 0 aliphatic carbocycles. The average Bonchev–Trinajstić information content (AvgIpc) is 2.36. The lowest BCUT2D eigenvalue weighted by Crippen LogP contribution is -2.49. The summed E-state index contributed by atoms with van der Waals surface area (Å²) in [4.78, 5) is 23.8. The highest BCUT2D eigenvalue weighted by atomic mass is 16.5. The number of anilines is 1. The monoisotopic (exact) mass is 236 g/mol. The first-order valence-corrected chi connectivity index (χ1v) is 5.35. The molecule has 1 aromatic carbocycles. The van der Waals surface area contributed by atoms with Gasteiger partial charge < -0.3 is 15.0 Å². The molecule has 0 aliphatic heterocycles. The zero-order valence-corrected chi connectivity index (χ0v) is 9.92. The fourth-order valence-corrected chi connectivity index (χ4v) is 1.44. The van der Waals surface area contributed by atoms with Gasteiger partial charge in [0.15, 0.2) is 0 Å². The van der Waals surface area contributed by atoms with E-state index in [4.69, 9.17) is 4.74 Å². The predicted octanol–water partition coefficient (Wildman–Crippen LogP) is 0.758. The van der Waals surface area contributed by atoms with Crippen molar-refractivity contribution in [1.29, 1.82) is 0 Å². The van der Waals surface area contributed by atoms with Gasteiger partial charge >= 0.3 is 5.97 Å². The lowest BCUT2D eigenvalue weighted by molar-refractivity contribution is -0.146. The maximum Gasteiger partial charge on any atom is 0.349 e. The van der Waals surface area contributed by atoms with Crippen molar-refractivity contribution in [3.8, 4) is 0 Å². The van der Waals surface area contributed by atoms with Crippen LogP contribution in [0, 0.1) is 0 Å². The molecule has 0 saturated carbocycles. The molecule has 0 bridgehead atoms. The van der Waals surface area contributed by atoms with Crippen LogP contribution in [0.1, 0.15) is 6.92 Å². The molecular weight excluding hydrogens is 220 g/mol. The van der Waals surface area contributed by atoms with Crippen LogP contribution in [0.5, 0.6) is 0 Å². The highest BCUT2D eigenvalue weighted by Crippen LogP contribution is 2.13. The fraction of sp³-hybridized carbons (Fsp3) is 0.333. The van der Waals surface area contributed by atoms with Crippen molar-refractivity contribution in [3.63, 3.8) is 0 Å². The van der Waals surface area contributed by atoms with Crippen molar-refractivity contribution >= 4 is 18.1 Å². The third-order valence-electron chi connectivity index (χ3n) is 2.29. The van der Waals surface area contributed by atoms with E-state index in [-0.39, 0.29) is 6.61 Å². The number of hydrogen-bond donors (Lipinski definition) is 1. The first kappa shape index (κ1) is 13.0. The SMILES string of the molecule is CCOC(=O)C(NC=O)N(C)c1ccccc1. The van der Waals surface area contributed by atoms with E-state index in [2.05, 4.69) is 5.32 Å². The Bertz CT molecular complexity index is 367. The van der Waals surface area contributed by atoms with Crippen LogP contribution in [-0.2, 0) is 14.3 Å². The average molecular weight is 236 g/mol. The molecule has 92 valence electrons. The van der Waals surface area contributed by atoms with Crippen LogP contribution in [0.15, 0.2) is 30.3 Å². The minimum absolute atomic E-state index is 0.276. The van der Waals surface area contributed by atoms with E-state index in [1.807, 2.05) is 30.3 Å². The Morgan fingerprint density at radius 1 is 1.47 bits per heavy atom. The molecule has 5 heteroatoms. The number of amides is 1. The van der Waals surface area contributed by atoms with Gasteiger partial charge in [-0.25, -0.2) is 4.79 Å². The fourth-order valence-electron chi connectivity index (χ4n) is 1.44. The third-order valence-corrected chi connectivity index (χ3v) is 2.29. The summed E-state index contributed by atoms with van der Waals surface area (Å²) in [5, 5.41) is 2.44. The van der Waals surface area contributed by atoms with Crippen molar-refractivity contribution in [2.75, 3.05) is 18.6 Å². The quantitative estimate of drug-likeness (QED) is 0.450. The molecule has 0 saturated heterocycles. The Morgan fingerprint density at radius 2 is 2.12 bits per heavy atom. The number of carbonyl (C=O) groups is 2. The Balaban J connectivity index is 2.83. The van der Waals surface area contributed by atoms with Crippen molar-refractivity contribution in [1.82, 2.24) is 5.32 Å². The van der Waals surface area contributed by atoms with Crippen LogP contribution in [0.25, 0.3) is 0 Å². The number of nitrogens with one attached hydrogen (secondary N) is 1. The van der Waals surface area contributed by atoms with Crippen LogP contribution < -0.4 is 10.2 Å². The van der Waals surface area contributed by atoms with Gasteiger partial charge in [0.05, 0.1) is 6.61 Å². The lowest BCUT2D eigenvalue weighted by Gasteiger charge is -2.27. The van der Waals surface area contributed by atoms with Crippen LogP contribution in [0.3, 0.4) is 0 Å². The molecule has 0 heterocycles. The molecule has 0 aromatic heterocycles. The smallest absolute Gasteiger partial charge is 0.349 e. The minimum atomic E-state index is -0.810. The Labute approximate surface area is 100 Å². The standard InChI is InChI=1S/C12H16N2O3/c1-3-17-12(16)11(13-9-15)14(2)10-7-5-4-6-8-10/h4-9,11H,3H2,1-2H3,(H,13,15). The number of esters is 1. The van der Waals surface area contributed by atoms with E-state index in [9.17, 15) is 9.59 Å². The Morgan fingerprint density at radius 3 is 2.65 bits per heavy atom. The van der Waals surface area contributed by atoms with Gasteiger partial charge in [-0.15, -0.1) is 0 Å². The van der Waals surface area contributed by atoms with Crippen molar-refractivity contribution in [2.24, 2.45) is 0 Å². The molecule has 1 rings (SSSR count). The second kappa shape index (κ2) is 6.52. The van der Waals surface area contributed by atoms with Crippen LogP contribution in [-0.4, -0.2) is 32.2 Å². The summed E-state index contributed by atoms with van der Waals surface area (Å²) >= 11 is 0. The number of ether oxygens (including phenoxy) is 1. The van der Waals surface area contributed by atoms with Gasteiger partial charge in [-0.3, -0.25) is 4.79 Å². The van der Waals surface area contributed by atoms with Crippen molar-refractivity contribution in [2.45, 2.75) is 13.1 Å². The van der Waals surface area contributed by atoms with Crippen LogP contribution >= 0.6 is 0 Å². The van der Waals surface area contributed by atoms with E-state index < -0.39 is 12.1 Å². The van der Waals surface area contributed by atoms with Gasteiger partial charge in [-0.1, -0.05) is 18.2 Å². The van der Waals surface area contributed by atoms with E-state index in [1.54, 1.807) is 18.9 Å². The second-order valence-electron chi connectivity index (χ2n) is 3.39. The number of hydrogen-bond acceptors (Lipinski definition) is 4. The van der Waals surface area contributed by atoms with Crippen molar-refractivity contribution < 1.29 is 14.3 Å². The van der Waals surface area contributed by atoms with Crippen molar-refractivity contribution in [3.05, 3.63) is 30.3 Å². The highest BCUT2D eigenvalue weighted by molar-refractivity contribution is 5.81. The Hall–Kier alpha value is -2.04. The second-order valence-corrected chi connectivity index (χ2v) is 3.39. The molecule has 1 atom stereocenters. The molecule has 0 radical (unpaired) electrons. The largest absolute Gasteiger partial charge is 0.463 e. The minimum Gasteiger partial charge on any atom is -0.463 e. The highest BCUT2D eigenvalue weighted by Gasteiger charge is 2.23. The normalized spacial score (nSPS) is 11.4. The number of carbonyl (C=O) groups excluding carboxylic acids is 2. The summed E-state index contributed by atoms with van der Waals surface area (Å²) in [6.07, 6.45) is -0.323. The van der Waals surface area contributed by atoms with E-state index >= 15 is 0 Å². The summed E-state index contributed by atoms with van der Waals surface area (Å²) in [5.41, 5.74) is 0.819. The summed E-state index contributed by atoms with van der Waals surface area (Å²) in [6.45, 7) is 2.00. The number of likely N-dealkylation sites (N-methyl/N-ethyl adjacent to an activating group) is 1. The molecule has 1 N–H and O–H groups in total. The maximum absolute atomic E-state index is 11.7. The van der Waals surface area contributed by atoms with Gasteiger partial charge in [0.25, 0.3) is 0 Å². The van der Waals surface area contributed by atoms with Gasteiger partial charge in [0.1, 0.15) is 0 Å². The summed E-state index contributed by atoms with van der Waals surface area (Å²) in [5.74, 6) is -0.481. The summed E-state index contributed by atoms with van der Waals surface area (Å²) < 4.78 is 4.90. The Kier molecular flexibility index (Phi) is 5.00.